The molecule has 0 nitrogen and oxygen atoms in total. The number of unbranched alkanes of at least 4 members (excludes halogenated alkanes) is 6. The third-order valence-corrected chi connectivity index (χ3v) is 29.6. The third kappa shape index (κ3) is 14.0. The zero-order chi connectivity index (χ0) is 61.3. The molecule has 0 saturated heterocycles. The van der Waals surface area contributed by atoms with E-state index in [1.54, 1.807) is 61.6 Å². The van der Waals surface area contributed by atoms with Gasteiger partial charge >= 0.3 is 0 Å². The molecule has 6 atom stereocenters. The van der Waals surface area contributed by atoms with E-state index < -0.39 is 0 Å². The highest BCUT2D eigenvalue weighted by Crippen LogP contribution is 2.62. The minimum absolute atomic E-state index is 0.0370. The molecule has 0 spiro atoms. The topological polar surface area (TPSA) is 0 Å². The molecule has 474 valence electrons. The van der Waals surface area contributed by atoms with Crippen molar-refractivity contribution in [1.29, 1.82) is 0 Å². The first kappa shape index (κ1) is 67.3. The normalized spacial score (nSPS) is 20.3. The van der Waals surface area contributed by atoms with E-state index in [1.807, 2.05) is 0 Å². The molecule has 10 rings (SSSR count). The van der Waals surface area contributed by atoms with Crippen molar-refractivity contribution >= 4 is 124 Å². The Morgan fingerprint density at radius 3 is 0.517 bits per heavy atom. The average Bonchev–Trinajstić information content (AvgIpc) is 1.58. The van der Waals surface area contributed by atoms with Crippen LogP contribution < -0.4 is 0 Å². The molecule has 7 aromatic heterocycles. The summed E-state index contributed by atoms with van der Waals surface area (Å²) >= 11 is 12.7. The van der Waals surface area contributed by atoms with Gasteiger partial charge in [-0.3, -0.25) is 0 Å². The highest BCUT2D eigenvalue weighted by atomic mass is 32.1. The van der Waals surface area contributed by atoms with Crippen LogP contribution in [-0.4, -0.2) is 0 Å². The lowest BCUT2D eigenvalue weighted by atomic mass is 9.65. The van der Waals surface area contributed by atoms with E-state index in [0.29, 0.717) is 0 Å². The summed E-state index contributed by atoms with van der Waals surface area (Å²) in [6, 6.07) is 31.8. The van der Waals surface area contributed by atoms with Gasteiger partial charge in [0.25, 0.3) is 0 Å². The number of hydrogen-bond acceptors (Lipinski definition) is 6. The number of hydrogen-bond donors (Lipinski definition) is 0. The van der Waals surface area contributed by atoms with Crippen LogP contribution >= 0.6 is 68.0 Å². The quantitative estimate of drug-likeness (QED) is 0.0367. The van der Waals surface area contributed by atoms with E-state index in [2.05, 4.69) is 224 Å². The Morgan fingerprint density at radius 1 is 0.241 bits per heavy atom. The van der Waals surface area contributed by atoms with Gasteiger partial charge in [-0.25, -0.2) is 0 Å². The van der Waals surface area contributed by atoms with Crippen LogP contribution in [0.15, 0.2) is 72.8 Å². The maximum Gasteiger partial charge on any atom is 0.0493 e. The molecule has 0 aromatic carbocycles. The molecule has 0 radical (unpaired) electrons. The smallest absolute Gasteiger partial charge is 0.0493 e. The molecular weight excluding hydrogens is 1170 g/mol. The van der Waals surface area contributed by atoms with Crippen LogP contribution in [-0.2, 0) is 16.2 Å². The maximum absolute atomic E-state index is 2.74. The van der Waals surface area contributed by atoms with Gasteiger partial charge in [-0.15, -0.1) is 68.0 Å². The van der Waals surface area contributed by atoms with Crippen molar-refractivity contribution in [3.8, 4) is 0 Å². The fourth-order valence-electron chi connectivity index (χ4n) is 17.2. The van der Waals surface area contributed by atoms with Crippen molar-refractivity contribution in [1.82, 2.24) is 0 Å². The van der Waals surface area contributed by atoms with E-state index in [9.17, 15) is 0 Å². The molecule has 6 heteroatoms. The van der Waals surface area contributed by atoms with E-state index in [0.717, 1.165) is 35.5 Å². The number of thiophene rings is 6. The molecule has 12 bridgehead atoms. The summed E-state index contributed by atoms with van der Waals surface area (Å²) in [6.45, 7) is 29.5. The van der Waals surface area contributed by atoms with Crippen molar-refractivity contribution in [3.63, 3.8) is 0 Å². The third-order valence-electron chi connectivity index (χ3n) is 22.5. The summed E-state index contributed by atoms with van der Waals surface area (Å²) in [7, 11) is 0. The standard InChI is InChI=1S/C81H114S6/c1-13-25-31-55(19-7)49-79(50-56(20-8)32-26-14-2)67-43-61-37-39-63-45-69-75(84-63)77-71(80(69,51-57(21-9)33-27-15-3)52-58(22-10)34-28-16-4)47-65(86-77)41-42-66-48-72-78(87-66)76-70(46-64(85-76)40-38-62-44-68(79)74(83-62)73(67)82-61)81(72,53-59(23-11)35-29-17-5)54-60(24-12)36-30-18-6/h37-48,55-60H,13-36,49-54H2,1-12H3. The predicted molar refractivity (Wildman–Crippen MR) is 402 cm³/mol. The highest BCUT2D eigenvalue weighted by molar-refractivity contribution is 7.33. The van der Waals surface area contributed by atoms with Crippen molar-refractivity contribution < 1.29 is 0 Å². The zero-order valence-electron chi connectivity index (χ0n) is 56.6. The van der Waals surface area contributed by atoms with Crippen LogP contribution in [0, 0.1) is 35.5 Å². The zero-order valence-corrected chi connectivity index (χ0v) is 61.5. The van der Waals surface area contributed by atoms with Gasteiger partial charge in [-0.05, 0) is 180 Å². The molecule has 3 aliphatic carbocycles. The van der Waals surface area contributed by atoms with Gasteiger partial charge in [0.1, 0.15) is 0 Å². The molecule has 0 N–H and O–H groups in total. The Labute approximate surface area is 553 Å². The highest BCUT2D eigenvalue weighted by Gasteiger charge is 2.48. The second kappa shape index (κ2) is 30.9. The van der Waals surface area contributed by atoms with Gasteiger partial charge in [0.05, 0.1) is 0 Å². The van der Waals surface area contributed by atoms with Crippen molar-refractivity contribution in [2.45, 2.75) is 292 Å². The van der Waals surface area contributed by atoms with Crippen LogP contribution in [0.2, 0.25) is 0 Å². The Kier molecular flexibility index (Phi) is 23.9. The molecular formula is C81H114S6. The molecule has 0 amide bonds. The van der Waals surface area contributed by atoms with Gasteiger partial charge in [-0.2, -0.15) is 0 Å². The van der Waals surface area contributed by atoms with Crippen molar-refractivity contribution in [2.24, 2.45) is 35.5 Å². The first-order valence-electron chi connectivity index (χ1n) is 36.4. The van der Waals surface area contributed by atoms with Crippen LogP contribution in [0.1, 0.15) is 309 Å². The largest absolute Gasteiger partial charge is 0.135 e. The summed E-state index contributed by atoms with van der Waals surface area (Å²) in [5.41, 5.74) is 10.2. The second-order valence-corrected chi connectivity index (χ2v) is 34.8. The number of fused-ring (bicyclic) bond motifs is 6. The summed E-state index contributed by atoms with van der Waals surface area (Å²) in [5, 5.41) is 0. The van der Waals surface area contributed by atoms with E-state index in [1.165, 1.54) is 221 Å². The lowest BCUT2D eigenvalue weighted by Crippen LogP contribution is -2.31. The molecule has 7 aromatic rings. The molecule has 6 unspecified atom stereocenters. The van der Waals surface area contributed by atoms with Gasteiger partial charge in [-0.1, -0.05) is 237 Å². The van der Waals surface area contributed by atoms with Crippen LogP contribution in [0.4, 0.5) is 0 Å². The molecule has 7 heterocycles. The first-order valence-corrected chi connectivity index (χ1v) is 41.2. The summed E-state index contributed by atoms with van der Waals surface area (Å²) in [5.74, 6) is 4.31. The molecule has 87 heavy (non-hydrogen) atoms. The van der Waals surface area contributed by atoms with Gasteiger partial charge < -0.3 is 0 Å². The van der Waals surface area contributed by atoms with Gasteiger partial charge in [0.15, 0.2) is 0 Å². The Morgan fingerprint density at radius 2 is 0.391 bits per heavy atom. The van der Waals surface area contributed by atoms with Crippen LogP contribution in [0.5, 0.6) is 0 Å². The minimum atomic E-state index is 0.0370. The van der Waals surface area contributed by atoms with Gasteiger partial charge in [0, 0.05) is 72.6 Å². The fourth-order valence-corrected chi connectivity index (χ4v) is 24.7. The predicted octanol–water partition coefficient (Wildman–Crippen LogP) is 29.8. The van der Waals surface area contributed by atoms with Crippen molar-refractivity contribution in [3.05, 3.63) is 106 Å². The summed E-state index contributed by atoms with van der Waals surface area (Å²) < 4.78 is 18.2. The average molecular weight is 1280 g/mol. The molecule has 0 aliphatic heterocycles. The van der Waals surface area contributed by atoms with Crippen LogP contribution in [0.25, 0.3) is 56.4 Å². The molecule has 0 fully saturated rings. The van der Waals surface area contributed by atoms with Crippen molar-refractivity contribution in [2.75, 3.05) is 0 Å². The van der Waals surface area contributed by atoms with E-state index in [-0.39, 0.29) is 16.2 Å². The summed E-state index contributed by atoms with van der Waals surface area (Å²) in [6.07, 6.45) is 39.0. The maximum atomic E-state index is 2.74. The van der Waals surface area contributed by atoms with E-state index >= 15 is 0 Å². The Balaban J connectivity index is 1.29. The second-order valence-electron chi connectivity index (χ2n) is 28.3. The minimum Gasteiger partial charge on any atom is -0.135 e. The Bertz CT molecular complexity index is 2970. The van der Waals surface area contributed by atoms with Gasteiger partial charge in [0.2, 0.25) is 0 Å². The van der Waals surface area contributed by atoms with Crippen LogP contribution in [0.3, 0.4) is 0 Å². The Hall–Kier alpha value is -2.58. The monoisotopic (exact) mass is 1280 g/mol. The first-order chi connectivity index (χ1) is 42.4. The lowest BCUT2D eigenvalue weighted by molar-refractivity contribution is 0.267. The SMILES string of the molecule is CCCCC(CC)CC1(CC(CC)CCCC)c2cc3ccc4cc5c(s4)c4sc(ccc6cc7c(s6)c6sc(ccc8cc1c(s8)c2s3)cc6C7(CC(CC)CCCC)CC(CC)CCCC)cc4C5(CC(CC)CCCC)CC(CC)CCCC. The number of rotatable bonds is 36. The lowest BCUT2D eigenvalue weighted by Gasteiger charge is -2.38. The molecule has 3 aliphatic rings. The van der Waals surface area contributed by atoms with E-state index in [4.69, 9.17) is 0 Å². The fraction of sp³-hybridized carbons (Fsp3) is 0.630. The summed E-state index contributed by atoms with van der Waals surface area (Å²) in [4.78, 5) is 0. The molecule has 0 saturated carbocycles.